The molecular formula is C16H16BrNO. The first-order valence-corrected chi connectivity index (χ1v) is 6.96. The fraction of sp³-hybridized carbons (Fsp3) is 0.188. The molecule has 0 saturated heterocycles. The molecule has 2 nitrogen and oxygen atoms in total. The summed E-state index contributed by atoms with van der Waals surface area (Å²) in [4.78, 5) is 12.0. The number of hydrogen-bond acceptors (Lipinski definition) is 1. The predicted molar refractivity (Wildman–Crippen MR) is 82.4 cm³/mol. The van der Waals surface area contributed by atoms with Gasteiger partial charge < -0.3 is 5.32 Å². The van der Waals surface area contributed by atoms with E-state index in [2.05, 4.69) is 21.2 Å². The Morgan fingerprint density at radius 3 is 2.53 bits per heavy atom. The maximum atomic E-state index is 12.0. The van der Waals surface area contributed by atoms with Gasteiger partial charge in [0.05, 0.1) is 6.42 Å². The molecule has 3 heteroatoms. The lowest BCUT2D eigenvalue weighted by molar-refractivity contribution is -0.115. The first kappa shape index (κ1) is 13.8. The van der Waals surface area contributed by atoms with Crippen molar-refractivity contribution in [3.05, 3.63) is 63.6 Å². The van der Waals surface area contributed by atoms with E-state index in [0.717, 1.165) is 26.9 Å². The van der Waals surface area contributed by atoms with Crippen LogP contribution in [-0.2, 0) is 11.2 Å². The Morgan fingerprint density at radius 1 is 1.11 bits per heavy atom. The summed E-state index contributed by atoms with van der Waals surface area (Å²) in [6, 6.07) is 13.8. The van der Waals surface area contributed by atoms with Gasteiger partial charge in [-0.15, -0.1) is 0 Å². The van der Waals surface area contributed by atoms with E-state index in [-0.39, 0.29) is 5.91 Å². The van der Waals surface area contributed by atoms with Gasteiger partial charge in [0.2, 0.25) is 5.91 Å². The van der Waals surface area contributed by atoms with E-state index in [1.807, 2.05) is 56.3 Å². The minimum absolute atomic E-state index is 0.00468. The monoisotopic (exact) mass is 317 g/mol. The highest BCUT2D eigenvalue weighted by Gasteiger charge is 2.06. The van der Waals surface area contributed by atoms with Crippen LogP contribution in [0.1, 0.15) is 16.7 Å². The Balaban J connectivity index is 2.05. The van der Waals surface area contributed by atoms with Crippen LogP contribution in [-0.4, -0.2) is 5.91 Å². The van der Waals surface area contributed by atoms with Crippen molar-refractivity contribution < 1.29 is 4.79 Å². The molecule has 0 fully saturated rings. The summed E-state index contributed by atoms with van der Waals surface area (Å²) < 4.78 is 1.00. The van der Waals surface area contributed by atoms with Crippen molar-refractivity contribution in [1.82, 2.24) is 0 Å². The van der Waals surface area contributed by atoms with Crippen LogP contribution in [0.25, 0.3) is 0 Å². The Labute approximate surface area is 122 Å². The van der Waals surface area contributed by atoms with Crippen molar-refractivity contribution in [3.63, 3.8) is 0 Å². The molecular weight excluding hydrogens is 302 g/mol. The summed E-state index contributed by atoms with van der Waals surface area (Å²) in [7, 11) is 0. The molecule has 0 aliphatic heterocycles. The van der Waals surface area contributed by atoms with Crippen LogP contribution in [0.2, 0.25) is 0 Å². The molecule has 0 spiro atoms. The number of hydrogen-bond donors (Lipinski definition) is 1. The summed E-state index contributed by atoms with van der Waals surface area (Å²) in [6.07, 6.45) is 0.401. The first-order chi connectivity index (χ1) is 9.06. The predicted octanol–water partition coefficient (Wildman–Crippen LogP) is 4.25. The lowest BCUT2D eigenvalue weighted by Gasteiger charge is -2.08. The van der Waals surface area contributed by atoms with Crippen LogP contribution in [0, 0.1) is 13.8 Å². The number of aryl methyl sites for hydroxylation is 2. The second-order valence-corrected chi connectivity index (χ2v) is 5.47. The average molecular weight is 318 g/mol. The van der Waals surface area contributed by atoms with E-state index >= 15 is 0 Å². The zero-order chi connectivity index (χ0) is 13.8. The lowest BCUT2D eigenvalue weighted by atomic mass is 10.1. The van der Waals surface area contributed by atoms with Crippen LogP contribution in [0.5, 0.6) is 0 Å². The van der Waals surface area contributed by atoms with Gasteiger partial charge in [0.15, 0.2) is 0 Å². The molecule has 1 N–H and O–H groups in total. The Kier molecular flexibility index (Phi) is 4.38. The van der Waals surface area contributed by atoms with Crippen LogP contribution in [0.3, 0.4) is 0 Å². The SMILES string of the molecule is Cc1ccc(NC(=O)Cc2ccccc2C)cc1Br. The fourth-order valence-corrected chi connectivity index (χ4v) is 2.24. The minimum atomic E-state index is 0.00468. The van der Waals surface area contributed by atoms with Gasteiger partial charge in [0.25, 0.3) is 0 Å². The summed E-state index contributed by atoms with van der Waals surface area (Å²) in [5, 5.41) is 2.92. The average Bonchev–Trinajstić information content (AvgIpc) is 2.37. The highest BCUT2D eigenvalue weighted by Crippen LogP contribution is 2.20. The molecule has 2 aromatic carbocycles. The van der Waals surface area contributed by atoms with Gasteiger partial charge in [0, 0.05) is 10.2 Å². The second-order valence-electron chi connectivity index (χ2n) is 4.62. The summed E-state index contributed by atoms with van der Waals surface area (Å²) in [6.45, 7) is 4.04. The molecule has 0 aliphatic carbocycles. The Bertz CT molecular complexity index is 607. The van der Waals surface area contributed by atoms with Crippen LogP contribution >= 0.6 is 15.9 Å². The van der Waals surface area contributed by atoms with Crippen LogP contribution in [0.15, 0.2) is 46.9 Å². The van der Waals surface area contributed by atoms with E-state index < -0.39 is 0 Å². The van der Waals surface area contributed by atoms with Gasteiger partial charge in [-0.25, -0.2) is 0 Å². The van der Waals surface area contributed by atoms with Gasteiger partial charge in [-0.1, -0.05) is 46.3 Å². The normalized spacial score (nSPS) is 10.3. The number of rotatable bonds is 3. The number of carbonyl (C=O) groups is 1. The van der Waals surface area contributed by atoms with E-state index in [1.165, 1.54) is 0 Å². The standard InChI is InChI=1S/C16H16BrNO/c1-11-5-3-4-6-13(11)9-16(19)18-14-8-7-12(2)15(17)10-14/h3-8,10H,9H2,1-2H3,(H,18,19). The lowest BCUT2D eigenvalue weighted by Crippen LogP contribution is -2.15. The number of amides is 1. The molecule has 2 aromatic rings. The topological polar surface area (TPSA) is 29.1 Å². The summed E-state index contributed by atoms with van der Waals surface area (Å²) in [5.41, 5.74) is 4.17. The smallest absolute Gasteiger partial charge is 0.228 e. The molecule has 0 aromatic heterocycles. The third-order valence-electron chi connectivity index (χ3n) is 3.07. The molecule has 0 saturated carbocycles. The molecule has 0 radical (unpaired) electrons. The maximum Gasteiger partial charge on any atom is 0.228 e. The molecule has 0 heterocycles. The van der Waals surface area contributed by atoms with E-state index in [1.54, 1.807) is 0 Å². The number of nitrogens with one attached hydrogen (secondary N) is 1. The quantitative estimate of drug-likeness (QED) is 0.901. The van der Waals surface area contributed by atoms with E-state index in [0.29, 0.717) is 6.42 Å². The zero-order valence-corrected chi connectivity index (χ0v) is 12.6. The van der Waals surface area contributed by atoms with Crippen molar-refractivity contribution in [3.8, 4) is 0 Å². The van der Waals surface area contributed by atoms with Crippen molar-refractivity contribution in [1.29, 1.82) is 0 Å². The van der Waals surface area contributed by atoms with E-state index in [9.17, 15) is 4.79 Å². The number of benzene rings is 2. The van der Waals surface area contributed by atoms with Gasteiger partial charge in [0.1, 0.15) is 0 Å². The third-order valence-corrected chi connectivity index (χ3v) is 3.92. The van der Waals surface area contributed by atoms with Crippen LogP contribution < -0.4 is 5.32 Å². The summed E-state index contributed by atoms with van der Waals surface area (Å²) >= 11 is 3.46. The van der Waals surface area contributed by atoms with Crippen molar-refractivity contribution in [2.45, 2.75) is 20.3 Å². The van der Waals surface area contributed by atoms with Crippen molar-refractivity contribution in [2.24, 2.45) is 0 Å². The third kappa shape index (κ3) is 3.67. The highest BCUT2D eigenvalue weighted by atomic mass is 79.9. The molecule has 0 unspecified atom stereocenters. The first-order valence-electron chi connectivity index (χ1n) is 6.17. The van der Waals surface area contributed by atoms with Crippen LogP contribution in [0.4, 0.5) is 5.69 Å². The number of carbonyl (C=O) groups excluding carboxylic acids is 1. The van der Waals surface area contributed by atoms with Gasteiger partial charge in [-0.2, -0.15) is 0 Å². The Hall–Kier alpha value is -1.61. The number of anilines is 1. The Morgan fingerprint density at radius 2 is 1.84 bits per heavy atom. The van der Waals surface area contributed by atoms with Crippen molar-refractivity contribution in [2.75, 3.05) is 5.32 Å². The molecule has 0 aliphatic rings. The number of halogens is 1. The van der Waals surface area contributed by atoms with Gasteiger partial charge in [-0.05, 0) is 42.7 Å². The molecule has 1 amide bonds. The van der Waals surface area contributed by atoms with E-state index in [4.69, 9.17) is 0 Å². The molecule has 0 atom stereocenters. The molecule has 98 valence electrons. The molecule has 0 bridgehead atoms. The minimum Gasteiger partial charge on any atom is -0.326 e. The second kappa shape index (κ2) is 6.02. The van der Waals surface area contributed by atoms with Gasteiger partial charge >= 0.3 is 0 Å². The van der Waals surface area contributed by atoms with Crippen molar-refractivity contribution >= 4 is 27.5 Å². The zero-order valence-electron chi connectivity index (χ0n) is 11.0. The molecule has 19 heavy (non-hydrogen) atoms. The summed E-state index contributed by atoms with van der Waals surface area (Å²) in [5.74, 6) is 0.00468. The highest BCUT2D eigenvalue weighted by molar-refractivity contribution is 9.10. The molecule has 2 rings (SSSR count). The van der Waals surface area contributed by atoms with Gasteiger partial charge in [-0.3, -0.25) is 4.79 Å². The fourth-order valence-electron chi connectivity index (χ4n) is 1.86. The largest absolute Gasteiger partial charge is 0.326 e. The maximum absolute atomic E-state index is 12.0.